The Hall–Kier alpha value is -2.87. The fourth-order valence-electron chi connectivity index (χ4n) is 2.64. The minimum Gasteiger partial charge on any atom is -0.359 e. The Bertz CT molecular complexity index is 804. The van der Waals surface area contributed by atoms with Crippen molar-refractivity contribution in [1.29, 1.82) is 0 Å². The fourth-order valence-corrected chi connectivity index (χ4v) is 2.64. The first-order chi connectivity index (χ1) is 13.7. The third kappa shape index (κ3) is 6.90. The van der Waals surface area contributed by atoms with Crippen molar-refractivity contribution in [3.8, 4) is 0 Å². The molecule has 8 heteroatoms. The summed E-state index contributed by atoms with van der Waals surface area (Å²) in [6, 6.07) is 7.98. The molecule has 1 heterocycles. The van der Waals surface area contributed by atoms with E-state index < -0.39 is 6.03 Å². The second-order valence-electron chi connectivity index (χ2n) is 7.77. The average molecular weight is 402 g/mol. The van der Waals surface area contributed by atoms with Crippen molar-refractivity contribution in [2.75, 3.05) is 36.8 Å². The van der Waals surface area contributed by atoms with Crippen molar-refractivity contribution in [2.45, 2.75) is 40.0 Å². The summed E-state index contributed by atoms with van der Waals surface area (Å²) in [5, 5.41) is 12.1. The largest absolute Gasteiger partial charge is 0.359 e. The Kier molecular flexibility index (Phi) is 7.78. The lowest BCUT2D eigenvalue weighted by atomic mass is 9.93. The summed E-state index contributed by atoms with van der Waals surface area (Å²) in [4.78, 5) is 26.6. The maximum absolute atomic E-state index is 12.2. The zero-order chi connectivity index (χ0) is 21.4. The molecule has 0 bridgehead atoms. The molecule has 0 atom stereocenters. The quantitative estimate of drug-likeness (QED) is 0.626. The molecule has 0 saturated heterocycles. The lowest BCUT2D eigenvalue weighted by molar-refractivity contribution is 0.0949. The van der Waals surface area contributed by atoms with Gasteiger partial charge < -0.3 is 20.1 Å². The Morgan fingerprint density at radius 2 is 1.72 bits per heavy atom. The van der Waals surface area contributed by atoms with E-state index >= 15 is 0 Å². The van der Waals surface area contributed by atoms with Gasteiger partial charge in [-0.15, -0.1) is 0 Å². The van der Waals surface area contributed by atoms with Gasteiger partial charge in [-0.2, -0.15) is 0 Å². The molecule has 0 unspecified atom stereocenters. The Labute approximate surface area is 172 Å². The molecule has 3 N–H and O–H groups in total. The van der Waals surface area contributed by atoms with E-state index in [1.165, 1.54) is 0 Å². The van der Waals surface area contributed by atoms with Crippen molar-refractivity contribution in [1.82, 2.24) is 15.4 Å². The first kappa shape index (κ1) is 22.4. The molecule has 3 amide bonds. The second-order valence-corrected chi connectivity index (χ2v) is 7.77. The summed E-state index contributed by atoms with van der Waals surface area (Å²) in [5.41, 5.74) is 0.925. The van der Waals surface area contributed by atoms with Gasteiger partial charge in [-0.3, -0.25) is 10.1 Å². The summed E-state index contributed by atoms with van der Waals surface area (Å²) in [5.74, 6) is 0.895. The predicted octanol–water partition coefficient (Wildman–Crippen LogP) is 3.69. The van der Waals surface area contributed by atoms with Crippen LogP contribution in [0.3, 0.4) is 0 Å². The van der Waals surface area contributed by atoms with Gasteiger partial charge in [0.25, 0.3) is 5.91 Å². The number of hydrogen-bond donors (Lipinski definition) is 3. The van der Waals surface area contributed by atoms with Crippen LogP contribution in [0.5, 0.6) is 0 Å². The van der Waals surface area contributed by atoms with Crippen LogP contribution >= 0.6 is 0 Å². The molecule has 1 aromatic carbocycles. The van der Waals surface area contributed by atoms with Crippen LogP contribution in [0.1, 0.15) is 50.7 Å². The Balaban J connectivity index is 1.84. The van der Waals surface area contributed by atoms with Gasteiger partial charge in [0, 0.05) is 35.8 Å². The van der Waals surface area contributed by atoms with Crippen LogP contribution in [0.15, 0.2) is 34.9 Å². The molecular weight excluding hydrogens is 370 g/mol. The molecule has 2 aromatic rings. The van der Waals surface area contributed by atoms with E-state index in [2.05, 4.69) is 39.9 Å². The first-order valence-corrected chi connectivity index (χ1v) is 9.88. The normalized spacial score (nSPS) is 11.4. The van der Waals surface area contributed by atoms with Gasteiger partial charge in [0.2, 0.25) is 0 Å². The number of urea groups is 1. The van der Waals surface area contributed by atoms with Crippen molar-refractivity contribution in [3.05, 3.63) is 41.7 Å². The monoisotopic (exact) mass is 401 g/mol. The number of carbonyl (C=O) groups is 2. The molecule has 1 aromatic heterocycles. The molecule has 158 valence electrons. The number of aromatic nitrogens is 1. The standard InChI is InChI=1S/C21H31N5O3/c1-6-26(7-2)13-12-22-19(27)15-8-10-16(11-9-15)23-20(28)24-18-14-17(29-25-18)21(3,4)5/h8-11,14H,6-7,12-13H2,1-5H3,(H,22,27)(H2,23,24,25,28). The zero-order valence-electron chi connectivity index (χ0n) is 17.8. The minimum atomic E-state index is -0.435. The van der Waals surface area contributed by atoms with Gasteiger partial charge >= 0.3 is 6.03 Å². The number of hydrogen-bond acceptors (Lipinski definition) is 5. The van der Waals surface area contributed by atoms with Crippen LogP contribution in [0.25, 0.3) is 0 Å². The van der Waals surface area contributed by atoms with Gasteiger partial charge in [-0.25, -0.2) is 4.79 Å². The zero-order valence-corrected chi connectivity index (χ0v) is 17.8. The highest BCUT2D eigenvalue weighted by Crippen LogP contribution is 2.24. The average Bonchev–Trinajstić information content (AvgIpc) is 3.14. The number of nitrogens with one attached hydrogen (secondary N) is 3. The molecule has 0 aliphatic rings. The predicted molar refractivity (Wildman–Crippen MR) is 114 cm³/mol. The first-order valence-electron chi connectivity index (χ1n) is 9.88. The van der Waals surface area contributed by atoms with Gasteiger partial charge in [-0.1, -0.05) is 39.8 Å². The third-order valence-corrected chi connectivity index (χ3v) is 4.50. The number of likely N-dealkylation sites (N-methyl/N-ethyl adjacent to an activating group) is 1. The summed E-state index contributed by atoms with van der Waals surface area (Å²) >= 11 is 0. The van der Waals surface area contributed by atoms with E-state index in [0.29, 0.717) is 29.4 Å². The number of rotatable bonds is 8. The number of anilines is 2. The molecular formula is C21H31N5O3. The van der Waals surface area contributed by atoms with Gasteiger partial charge in [0.05, 0.1) is 0 Å². The highest BCUT2D eigenvalue weighted by Gasteiger charge is 2.20. The summed E-state index contributed by atoms with van der Waals surface area (Å²) in [7, 11) is 0. The molecule has 29 heavy (non-hydrogen) atoms. The van der Waals surface area contributed by atoms with E-state index in [1.54, 1.807) is 30.3 Å². The lowest BCUT2D eigenvalue weighted by Crippen LogP contribution is -2.34. The SMILES string of the molecule is CCN(CC)CCNC(=O)c1ccc(NC(=O)Nc2cc(C(C)(C)C)on2)cc1. The molecule has 0 aliphatic heterocycles. The van der Waals surface area contributed by atoms with E-state index in [-0.39, 0.29) is 11.3 Å². The van der Waals surface area contributed by atoms with Gasteiger partial charge in [-0.05, 0) is 37.4 Å². The smallest absolute Gasteiger partial charge is 0.324 e. The number of amides is 3. The highest BCUT2D eigenvalue weighted by molar-refractivity contribution is 6.00. The summed E-state index contributed by atoms with van der Waals surface area (Å²) < 4.78 is 5.24. The van der Waals surface area contributed by atoms with Crippen molar-refractivity contribution < 1.29 is 14.1 Å². The third-order valence-electron chi connectivity index (χ3n) is 4.50. The van der Waals surface area contributed by atoms with E-state index in [0.717, 1.165) is 19.6 Å². The van der Waals surface area contributed by atoms with Crippen molar-refractivity contribution >= 4 is 23.4 Å². The molecule has 0 saturated carbocycles. The Morgan fingerprint density at radius 1 is 1.07 bits per heavy atom. The molecule has 8 nitrogen and oxygen atoms in total. The molecule has 0 spiro atoms. The van der Waals surface area contributed by atoms with Crippen LogP contribution in [-0.2, 0) is 5.41 Å². The van der Waals surface area contributed by atoms with Gasteiger partial charge in [0.15, 0.2) is 5.82 Å². The van der Waals surface area contributed by atoms with E-state index in [1.807, 2.05) is 20.8 Å². The maximum atomic E-state index is 12.2. The summed E-state index contributed by atoms with van der Waals surface area (Å²) in [6.45, 7) is 13.5. The van der Waals surface area contributed by atoms with Crippen LogP contribution < -0.4 is 16.0 Å². The summed E-state index contributed by atoms with van der Waals surface area (Å²) in [6.07, 6.45) is 0. The fraction of sp³-hybridized carbons (Fsp3) is 0.476. The van der Waals surface area contributed by atoms with Crippen molar-refractivity contribution in [3.63, 3.8) is 0 Å². The number of benzene rings is 1. The van der Waals surface area contributed by atoms with E-state index in [4.69, 9.17) is 4.52 Å². The van der Waals surface area contributed by atoms with Crippen LogP contribution in [-0.4, -0.2) is 48.2 Å². The lowest BCUT2D eigenvalue weighted by Gasteiger charge is -2.17. The van der Waals surface area contributed by atoms with E-state index in [9.17, 15) is 9.59 Å². The van der Waals surface area contributed by atoms with Crippen LogP contribution in [0, 0.1) is 0 Å². The van der Waals surface area contributed by atoms with Crippen LogP contribution in [0.2, 0.25) is 0 Å². The maximum Gasteiger partial charge on any atom is 0.324 e. The topological polar surface area (TPSA) is 99.5 Å². The number of carbonyl (C=O) groups excluding carboxylic acids is 2. The molecule has 2 rings (SSSR count). The molecule has 0 fully saturated rings. The Morgan fingerprint density at radius 3 is 2.28 bits per heavy atom. The molecule has 0 radical (unpaired) electrons. The van der Waals surface area contributed by atoms with Gasteiger partial charge in [0.1, 0.15) is 5.76 Å². The number of nitrogens with zero attached hydrogens (tertiary/aromatic N) is 2. The minimum absolute atomic E-state index is 0.134. The van der Waals surface area contributed by atoms with Crippen molar-refractivity contribution in [2.24, 2.45) is 0 Å². The second kappa shape index (κ2) is 10.1. The highest BCUT2D eigenvalue weighted by atomic mass is 16.5. The molecule has 0 aliphatic carbocycles. The van der Waals surface area contributed by atoms with Crippen LogP contribution in [0.4, 0.5) is 16.3 Å².